The van der Waals surface area contributed by atoms with E-state index in [1.165, 1.54) is 0 Å². The lowest BCUT2D eigenvalue weighted by molar-refractivity contribution is -0.129. The lowest BCUT2D eigenvalue weighted by Gasteiger charge is -2.18. The van der Waals surface area contributed by atoms with Crippen molar-refractivity contribution >= 4 is 5.91 Å². The molecule has 2 rings (SSSR count). The summed E-state index contributed by atoms with van der Waals surface area (Å²) in [6, 6.07) is 7.58. The fourth-order valence-corrected chi connectivity index (χ4v) is 2.48. The number of aliphatic hydroxyl groups is 1. The number of likely N-dealkylation sites (tertiary alicyclic amines) is 1. The van der Waals surface area contributed by atoms with E-state index < -0.39 is 0 Å². The van der Waals surface area contributed by atoms with E-state index in [9.17, 15) is 9.90 Å². The minimum Gasteiger partial charge on any atom is -0.497 e. The van der Waals surface area contributed by atoms with Gasteiger partial charge in [-0.15, -0.1) is 0 Å². The number of benzene rings is 1. The molecule has 4 heteroatoms. The average Bonchev–Trinajstić information content (AvgIpc) is 2.89. The van der Waals surface area contributed by atoms with E-state index in [0.29, 0.717) is 13.0 Å². The molecule has 2 atom stereocenters. The van der Waals surface area contributed by atoms with Crippen LogP contribution in [0, 0.1) is 5.92 Å². The fraction of sp³-hybridized carbons (Fsp3) is 0.533. The highest BCUT2D eigenvalue weighted by Crippen LogP contribution is 2.21. The molecule has 4 nitrogen and oxygen atoms in total. The molecule has 19 heavy (non-hydrogen) atoms. The number of carbonyl (C=O) groups is 1. The number of methoxy groups -OCH3 is 1. The van der Waals surface area contributed by atoms with Gasteiger partial charge in [-0.05, 0) is 31.0 Å². The van der Waals surface area contributed by atoms with E-state index in [0.717, 1.165) is 24.3 Å². The number of rotatable bonds is 4. The summed E-state index contributed by atoms with van der Waals surface area (Å²) in [4.78, 5) is 14.0. The molecular formula is C15H21NO3. The van der Waals surface area contributed by atoms with Crippen LogP contribution in [0.25, 0.3) is 0 Å². The van der Waals surface area contributed by atoms with Crippen LogP contribution in [-0.4, -0.2) is 42.2 Å². The zero-order chi connectivity index (χ0) is 13.8. The second-order valence-corrected chi connectivity index (χ2v) is 5.16. The predicted molar refractivity (Wildman–Crippen MR) is 73.1 cm³/mol. The van der Waals surface area contributed by atoms with Gasteiger partial charge in [0.1, 0.15) is 5.75 Å². The molecule has 1 fully saturated rings. The molecule has 2 unspecified atom stereocenters. The largest absolute Gasteiger partial charge is 0.497 e. The summed E-state index contributed by atoms with van der Waals surface area (Å²) < 4.78 is 5.15. The van der Waals surface area contributed by atoms with Crippen LogP contribution in [0.5, 0.6) is 5.75 Å². The molecule has 1 aliphatic heterocycles. The van der Waals surface area contributed by atoms with E-state index in [1.807, 2.05) is 29.2 Å². The second-order valence-electron chi connectivity index (χ2n) is 5.16. The molecule has 1 aliphatic rings. The van der Waals surface area contributed by atoms with Gasteiger partial charge in [0.25, 0.3) is 0 Å². The molecule has 0 spiro atoms. The minimum atomic E-state index is -0.338. The summed E-state index contributed by atoms with van der Waals surface area (Å²) in [6.07, 6.45) is 0.945. The van der Waals surface area contributed by atoms with Crippen LogP contribution in [0.1, 0.15) is 18.9 Å². The quantitative estimate of drug-likeness (QED) is 0.895. The van der Waals surface area contributed by atoms with Crippen LogP contribution in [0.3, 0.4) is 0 Å². The van der Waals surface area contributed by atoms with E-state index in [4.69, 9.17) is 4.74 Å². The lowest BCUT2D eigenvalue weighted by atomic mass is 10.0. The summed E-state index contributed by atoms with van der Waals surface area (Å²) in [5.74, 6) is 1.11. The Bertz CT molecular complexity index is 445. The molecule has 0 radical (unpaired) electrons. The van der Waals surface area contributed by atoms with Gasteiger partial charge in [-0.25, -0.2) is 0 Å². The van der Waals surface area contributed by atoms with Gasteiger partial charge < -0.3 is 14.7 Å². The standard InChI is InChI=1S/C15H21NO3/c1-11(17)13-6-7-16(10-13)15(18)9-12-4-3-5-14(8-12)19-2/h3-5,8,11,13,17H,6-7,9-10H2,1-2H3. The van der Waals surface area contributed by atoms with Gasteiger partial charge in [0.15, 0.2) is 0 Å². The molecule has 1 saturated heterocycles. The number of ether oxygens (including phenoxy) is 1. The molecule has 1 heterocycles. The summed E-state index contributed by atoms with van der Waals surface area (Å²) in [5.41, 5.74) is 0.963. The summed E-state index contributed by atoms with van der Waals surface area (Å²) in [6.45, 7) is 3.21. The fourth-order valence-electron chi connectivity index (χ4n) is 2.48. The van der Waals surface area contributed by atoms with Crippen molar-refractivity contribution in [3.63, 3.8) is 0 Å². The number of hydrogen-bond donors (Lipinski definition) is 1. The number of hydrogen-bond acceptors (Lipinski definition) is 3. The van der Waals surface area contributed by atoms with E-state index in [-0.39, 0.29) is 17.9 Å². The van der Waals surface area contributed by atoms with Crippen molar-refractivity contribution in [3.05, 3.63) is 29.8 Å². The lowest BCUT2D eigenvalue weighted by Crippen LogP contribution is -2.31. The van der Waals surface area contributed by atoms with Gasteiger partial charge in [0, 0.05) is 19.0 Å². The molecular weight excluding hydrogens is 242 g/mol. The third-order valence-corrected chi connectivity index (χ3v) is 3.75. The molecule has 1 amide bonds. The summed E-state index contributed by atoms with van der Waals surface area (Å²) in [7, 11) is 1.62. The summed E-state index contributed by atoms with van der Waals surface area (Å²) in [5, 5.41) is 9.56. The van der Waals surface area contributed by atoms with Crippen molar-refractivity contribution in [2.75, 3.05) is 20.2 Å². The highest BCUT2D eigenvalue weighted by atomic mass is 16.5. The van der Waals surface area contributed by atoms with Gasteiger partial charge >= 0.3 is 0 Å². The van der Waals surface area contributed by atoms with Crippen molar-refractivity contribution in [2.24, 2.45) is 5.92 Å². The van der Waals surface area contributed by atoms with E-state index >= 15 is 0 Å². The maximum atomic E-state index is 12.2. The molecule has 0 saturated carbocycles. The Hall–Kier alpha value is -1.55. The smallest absolute Gasteiger partial charge is 0.227 e. The maximum Gasteiger partial charge on any atom is 0.227 e. The number of carbonyl (C=O) groups excluding carboxylic acids is 1. The number of aliphatic hydroxyl groups excluding tert-OH is 1. The van der Waals surface area contributed by atoms with Gasteiger partial charge in [0.2, 0.25) is 5.91 Å². The third kappa shape index (κ3) is 3.47. The van der Waals surface area contributed by atoms with Gasteiger partial charge in [-0.3, -0.25) is 4.79 Å². The first-order valence-corrected chi connectivity index (χ1v) is 6.69. The van der Waals surface area contributed by atoms with Crippen LogP contribution >= 0.6 is 0 Å². The molecule has 0 bridgehead atoms. The minimum absolute atomic E-state index is 0.122. The monoisotopic (exact) mass is 263 g/mol. The first-order valence-electron chi connectivity index (χ1n) is 6.69. The average molecular weight is 263 g/mol. The second kappa shape index (κ2) is 6.06. The van der Waals surface area contributed by atoms with Crippen LogP contribution in [0.4, 0.5) is 0 Å². The molecule has 1 N–H and O–H groups in total. The zero-order valence-corrected chi connectivity index (χ0v) is 11.5. The first kappa shape index (κ1) is 13.9. The van der Waals surface area contributed by atoms with Gasteiger partial charge in [-0.2, -0.15) is 0 Å². The Balaban J connectivity index is 1.94. The van der Waals surface area contributed by atoms with Crippen molar-refractivity contribution < 1.29 is 14.6 Å². The summed E-state index contributed by atoms with van der Waals surface area (Å²) >= 11 is 0. The SMILES string of the molecule is COc1cccc(CC(=O)N2CCC(C(C)O)C2)c1. The number of amides is 1. The topological polar surface area (TPSA) is 49.8 Å². The Labute approximate surface area is 114 Å². The zero-order valence-electron chi connectivity index (χ0n) is 11.5. The van der Waals surface area contributed by atoms with E-state index in [2.05, 4.69) is 0 Å². The Kier molecular flexibility index (Phi) is 4.43. The van der Waals surface area contributed by atoms with Crippen molar-refractivity contribution in [2.45, 2.75) is 25.9 Å². The molecule has 104 valence electrons. The first-order chi connectivity index (χ1) is 9.10. The maximum absolute atomic E-state index is 12.2. The van der Waals surface area contributed by atoms with Crippen LogP contribution in [-0.2, 0) is 11.2 Å². The highest BCUT2D eigenvalue weighted by Gasteiger charge is 2.28. The number of nitrogens with zero attached hydrogens (tertiary/aromatic N) is 1. The van der Waals surface area contributed by atoms with Crippen LogP contribution < -0.4 is 4.74 Å². The predicted octanol–water partition coefficient (Wildman–Crippen LogP) is 1.47. The Morgan fingerprint density at radius 2 is 2.37 bits per heavy atom. The molecule has 1 aromatic rings. The highest BCUT2D eigenvalue weighted by molar-refractivity contribution is 5.79. The normalized spacial score (nSPS) is 20.4. The van der Waals surface area contributed by atoms with Crippen molar-refractivity contribution in [1.82, 2.24) is 4.90 Å². The van der Waals surface area contributed by atoms with Crippen LogP contribution in [0.15, 0.2) is 24.3 Å². The van der Waals surface area contributed by atoms with E-state index in [1.54, 1.807) is 14.0 Å². The third-order valence-electron chi connectivity index (χ3n) is 3.75. The van der Waals surface area contributed by atoms with Crippen LogP contribution in [0.2, 0.25) is 0 Å². The Morgan fingerprint density at radius 1 is 1.58 bits per heavy atom. The molecule has 1 aromatic carbocycles. The Morgan fingerprint density at radius 3 is 3.00 bits per heavy atom. The van der Waals surface area contributed by atoms with Gasteiger partial charge in [0.05, 0.1) is 19.6 Å². The van der Waals surface area contributed by atoms with Gasteiger partial charge in [-0.1, -0.05) is 12.1 Å². The molecule has 0 aromatic heterocycles. The molecule has 0 aliphatic carbocycles. The van der Waals surface area contributed by atoms with Crippen molar-refractivity contribution in [3.8, 4) is 5.75 Å². The van der Waals surface area contributed by atoms with Crippen molar-refractivity contribution in [1.29, 1.82) is 0 Å².